The number of anilines is 2. The molecule has 3 aromatic rings. The van der Waals surface area contributed by atoms with Gasteiger partial charge in [0, 0.05) is 22.5 Å². The van der Waals surface area contributed by atoms with E-state index in [1.807, 2.05) is 44.2 Å². The molecular formula is C18H18N2O2. The van der Waals surface area contributed by atoms with E-state index >= 15 is 0 Å². The van der Waals surface area contributed by atoms with Crippen LogP contribution in [0.5, 0.6) is 11.5 Å². The summed E-state index contributed by atoms with van der Waals surface area (Å²) in [6, 6.07) is 13.1. The van der Waals surface area contributed by atoms with Gasteiger partial charge in [-0.15, -0.1) is 0 Å². The second-order valence-electron chi connectivity index (χ2n) is 5.32. The maximum absolute atomic E-state index is 9.53. The average Bonchev–Trinajstić information content (AvgIpc) is 2.49. The highest BCUT2D eigenvalue weighted by Crippen LogP contribution is 2.31. The fourth-order valence-electron chi connectivity index (χ4n) is 2.50. The summed E-state index contributed by atoms with van der Waals surface area (Å²) in [5.41, 5.74) is 4.75. The zero-order valence-corrected chi connectivity index (χ0v) is 12.8. The molecule has 0 bridgehead atoms. The molecule has 1 heterocycles. The van der Waals surface area contributed by atoms with Gasteiger partial charge < -0.3 is 15.2 Å². The van der Waals surface area contributed by atoms with Crippen LogP contribution in [-0.2, 0) is 0 Å². The van der Waals surface area contributed by atoms with E-state index in [4.69, 9.17) is 4.74 Å². The average molecular weight is 294 g/mol. The number of nitrogens with one attached hydrogen (secondary N) is 1. The number of nitrogens with zero attached hydrogens (tertiary/aromatic N) is 1. The molecule has 0 unspecified atom stereocenters. The second-order valence-corrected chi connectivity index (χ2v) is 5.32. The first-order chi connectivity index (χ1) is 10.6. The number of aryl methyl sites for hydroxylation is 2. The van der Waals surface area contributed by atoms with E-state index in [0.717, 1.165) is 39.3 Å². The molecule has 1 aromatic heterocycles. The highest BCUT2D eigenvalue weighted by molar-refractivity contribution is 5.94. The number of pyridine rings is 1. The highest BCUT2D eigenvalue weighted by atomic mass is 16.5. The SMILES string of the molecule is COc1ccc2nc(C)cc(Nc3ccc(O)cc3C)c2c1. The second kappa shape index (κ2) is 5.56. The molecule has 0 atom stereocenters. The van der Waals surface area contributed by atoms with E-state index in [1.54, 1.807) is 19.2 Å². The molecule has 0 fully saturated rings. The third-order valence-corrected chi connectivity index (χ3v) is 3.62. The fourth-order valence-corrected chi connectivity index (χ4v) is 2.50. The van der Waals surface area contributed by atoms with Crippen LogP contribution in [-0.4, -0.2) is 17.2 Å². The smallest absolute Gasteiger partial charge is 0.119 e. The van der Waals surface area contributed by atoms with Gasteiger partial charge in [0.15, 0.2) is 0 Å². The molecule has 3 rings (SSSR count). The van der Waals surface area contributed by atoms with E-state index in [2.05, 4.69) is 10.3 Å². The Morgan fingerprint density at radius 2 is 1.82 bits per heavy atom. The zero-order chi connectivity index (χ0) is 15.7. The Hall–Kier alpha value is -2.75. The van der Waals surface area contributed by atoms with E-state index in [0.29, 0.717) is 0 Å². The third kappa shape index (κ3) is 2.68. The molecule has 0 radical (unpaired) electrons. The van der Waals surface area contributed by atoms with E-state index in [9.17, 15) is 5.11 Å². The monoisotopic (exact) mass is 294 g/mol. The summed E-state index contributed by atoms with van der Waals surface area (Å²) in [4.78, 5) is 4.55. The van der Waals surface area contributed by atoms with Gasteiger partial charge in [0.1, 0.15) is 11.5 Å². The number of methoxy groups -OCH3 is 1. The lowest BCUT2D eigenvalue weighted by atomic mass is 10.1. The summed E-state index contributed by atoms with van der Waals surface area (Å²) >= 11 is 0. The molecule has 112 valence electrons. The van der Waals surface area contributed by atoms with Crippen LogP contribution in [0.1, 0.15) is 11.3 Å². The van der Waals surface area contributed by atoms with E-state index in [-0.39, 0.29) is 5.75 Å². The van der Waals surface area contributed by atoms with Gasteiger partial charge in [-0.3, -0.25) is 4.98 Å². The molecule has 4 nitrogen and oxygen atoms in total. The van der Waals surface area contributed by atoms with Crippen molar-refractivity contribution in [2.45, 2.75) is 13.8 Å². The van der Waals surface area contributed by atoms with Crippen molar-refractivity contribution in [2.75, 3.05) is 12.4 Å². The van der Waals surface area contributed by atoms with Crippen molar-refractivity contribution in [1.29, 1.82) is 0 Å². The first kappa shape index (κ1) is 14.2. The fraction of sp³-hybridized carbons (Fsp3) is 0.167. The molecule has 0 aliphatic rings. The number of ether oxygens (including phenoxy) is 1. The summed E-state index contributed by atoms with van der Waals surface area (Å²) < 4.78 is 5.31. The van der Waals surface area contributed by atoms with Crippen molar-refractivity contribution in [2.24, 2.45) is 0 Å². The van der Waals surface area contributed by atoms with Crippen LogP contribution in [0.15, 0.2) is 42.5 Å². The molecule has 0 saturated heterocycles. The number of aromatic hydroxyl groups is 1. The molecule has 4 heteroatoms. The third-order valence-electron chi connectivity index (χ3n) is 3.62. The lowest BCUT2D eigenvalue weighted by Crippen LogP contribution is -1.97. The molecule has 0 aliphatic carbocycles. The first-order valence-electron chi connectivity index (χ1n) is 7.09. The predicted molar refractivity (Wildman–Crippen MR) is 89.2 cm³/mol. The standard InChI is InChI=1S/C18H18N2O2/c1-11-8-13(21)4-6-16(11)20-18-9-12(2)19-17-7-5-14(22-3)10-15(17)18/h4-10,21H,1-3H3,(H,19,20). The summed E-state index contributed by atoms with van der Waals surface area (Å²) in [5, 5.41) is 14.0. The minimum atomic E-state index is 0.264. The Morgan fingerprint density at radius 3 is 2.55 bits per heavy atom. The van der Waals surface area contributed by atoms with Crippen LogP contribution in [0, 0.1) is 13.8 Å². The van der Waals surface area contributed by atoms with E-state index < -0.39 is 0 Å². The summed E-state index contributed by atoms with van der Waals surface area (Å²) in [6.07, 6.45) is 0. The summed E-state index contributed by atoms with van der Waals surface area (Å²) in [6.45, 7) is 3.93. The first-order valence-corrected chi connectivity index (χ1v) is 7.09. The largest absolute Gasteiger partial charge is 0.508 e. The van der Waals surface area contributed by atoms with Crippen molar-refractivity contribution in [3.05, 3.63) is 53.7 Å². The normalized spacial score (nSPS) is 10.7. The molecule has 22 heavy (non-hydrogen) atoms. The number of fused-ring (bicyclic) bond motifs is 1. The van der Waals surface area contributed by atoms with Crippen molar-refractivity contribution >= 4 is 22.3 Å². The number of benzene rings is 2. The lowest BCUT2D eigenvalue weighted by molar-refractivity contribution is 0.415. The molecule has 2 aromatic carbocycles. The van der Waals surface area contributed by atoms with Gasteiger partial charge in [-0.2, -0.15) is 0 Å². The Kier molecular flexibility index (Phi) is 3.59. The van der Waals surface area contributed by atoms with Crippen molar-refractivity contribution < 1.29 is 9.84 Å². The van der Waals surface area contributed by atoms with Gasteiger partial charge >= 0.3 is 0 Å². The van der Waals surface area contributed by atoms with Crippen LogP contribution in [0.4, 0.5) is 11.4 Å². The van der Waals surface area contributed by atoms with Gasteiger partial charge in [0.25, 0.3) is 0 Å². The predicted octanol–water partition coefficient (Wildman–Crippen LogP) is 4.31. The highest BCUT2D eigenvalue weighted by Gasteiger charge is 2.08. The van der Waals surface area contributed by atoms with Gasteiger partial charge in [0.2, 0.25) is 0 Å². The molecule has 0 spiro atoms. The van der Waals surface area contributed by atoms with Crippen molar-refractivity contribution in [1.82, 2.24) is 4.98 Å². The quantitative estimate of drug-likeness (QED) is 0.707. The Labute approximate surface area is 129 Å². The lowest BCUT2D eigenvalue weighted by Gasteiger charge is -2.14. The summed E-state index contributed by atoms with van der Waals surface area (Å²) in [7, 11) is 1.65. The Morgan fingerprint density at radius 1 is 1.00 bits per heavy atom. The Balaban J connectivity index is 2.12. The van der Waals surface area contributed by atoms with Crippen LogP contribution in [0.25, 0.3) is 10.9 Å². The Bertz CT molecular complexity index is 844. The maximum atomic E-state index is 9.53. The minimum Gasteiger partial charge on any atom is -0.508 e. The molecule has 0 amide bonds. The van der Waals surface area contributed by atoms with Crippen molar-refractivity contribution in [3.63, 3.8) is 0 Å². The van der Waals surface area contributed by atoms with Crippen LogP contribution < -0.4 is 10.1 Å². The molecular weight excluding hydrogens is 276 g/mol. The van der Waals surface area contributed by atoms with Crippen LogP contribution in [0.2, 0.25) is 0 Å². The van der Waals surface area contributed by atoms with Crippen LogP contribution >= 0.6 is 0 Å². The number of rotatable bonds is 3. The van der Waals surface area contributed by atoms with Gasteiger partial charge in [0.05, 0.1) is 12.6 Å². The van der Waals surface area contributed by atoms with Crippen LogP contribution in [0.3, 0.4) is 0 Å². The van der Waals surface area contributed by atoms with Gasteiger partial charge in [-0.25, -0.2) is 0 Å². The summed E-state index contributed by atoms with van der Waals surface area (Å²) in [5.74, 6) is 1.06. The maximum Gasteiger partial charge on any atom is 0.119 e. The number of phenols is 1. The molecule has 0 saturated carbocycles. The minimum absolute atomic E-state index is 0.264. The molecule has 0 aliphatic heterocycles. The number of hydrogen-bond acceptors (Lipinski definition) is 4. The molecule has 2 N–H and O–H groups in total. The van der Waals surface area contributed by atoms with Crippen molar-refractivity contribution in [3.8, 4) is 11.5 Å². The zero-order valence-electron chi connectivity index (χ0n) is 12.8. The topological polar surface area (TPSA) is 54.4 Å². The number of aromatic nitrogens is 1. The van der Waals surface area contributed by atoms with E-state index in [1.165, 1.54) is 0 Å². The number of phenolic OH excluding ortho intramolecular Hbond substituents is 1. The van der Waals surface area contributed by atoms with Gasteiger partial charge in [-0.1, -0.05) is 0 Å². The van der Waals surface area contributed by atoms with Gasteiger partial charge in [-0.05, 0) is 61.9 Å². The number of hydrogen-bond donors (Lipinski definition) is 2.